The van der Waals surface area contributed by atoms with Crippen molar-refractivity contribution in [3.63, 3.8) is 0 Å². The number of likely N-dealkylation sites (tertiary alicyclic amines) is 1. The van der Waals surface area contributed by atoms with Crippen LogP contribution in [0.2, 0.25) is 0 Å². The predicted molar refractivity (Wildman–Crippen MR) is 182 cm³/mol. The van der Waals surface area contributed by atoms with Crippen molar-refractivity contribution in [1.29, 1.82) is 0 Å². The molecule has 1 rings (SSSR count). The van der Waals surface area contributed by atoms with Gasteiger partial charge in [-0.25, -0.2) is 0 Å². The normalized spacial score (nSPS) is 16.4. The summed E-state index contributed by atoms with van der Waals surface area (Å²) in [7, 11) is 0. The molecular formula is C30H51N9O10S. The highest BCUT2D eigenvalue weighted by Crippen LogP contribution is 2.20. The second-order valence-electron chi connectivity index (χ2n) is 12.6. The van der Waals surface area contributed by atoms with Crippen molar-refractivity contribution in [2.45, 2.75) is 90.0 Å². The summed E-state index contributed by atoms with van der Waals surface area (Å²) >= 11 is 4.18. The second-order valence-corrected chi connectivity index (χ2v) is 12.9. The first kappa shape index (κ1) is 43.6. The maximum absolute atomic E-state index is 13.6. The zero-order valence-electron chi connectivity index (χ0n) is 28.8. The molecule has 1 heterocycles. The number of nitrogens with zero attached hydrogens (tertiary/aromatic N) is 1. The van der Waals surface area contributed by atoms with Crippen LogP contribution in [0.25, 0.3) is 0 Å². The number of amides is 8. The fourth-order valence-corrected chi connectivity index (χ4v) is 5.30. The van der Waals surface area contributed by atoms with Crippen molar-refractivity contribution >= 4 is 65.9 Å². The Morgan fingerprint density at radius 3 is 1.98 bits per heavy atom. The number of hydrogen-bond donors (Lipinski definition) is 10. The van der Waals surface area contributed by atoms with Crippen molar-refractivity contribution in [2.24, 2.45) is 23.3 Å². The van der Waals surface area contributed by atoms with Gasteiger partial charge in [0.2, 0.25) is 47.3 Å². The smallest absolute Gasteiger partial charge is 0.322 e. The fourth-order valence-electron chi connectivity index (χ4n) is 5.04. The van der Waals surface area contributed by atoms with E-state index in [1.165, 1.54) is 4.90 Å². The van der Waals surface area contributed by atoms with E-state index in [1.807, 2.05) is 13.8 Å². The summed E-state index contributed by atoms with van der Waals surface area (Å²) in [4.78, 5) is 114. The number of nitrogens with one attached hydrogen (secondary N) is 6. The summed E-state index contributed by atoms with van der Waals surface area (Å²) in [5, 5.41) is 23.6. The van der Waals surface area contributed by atoms with E-state index in [1.54, 1.807) is 13.8 Å². The molecule has 1 aliphatic rings. The zero-order valence-corrected chi connectivity index (χ0v) is 29.7. The highest BCUT2D eigenvalue weighted by atomic mass is 32.1. The van der Waals surface area contributed by atoms with Gasteiger partial charge >= 0.3 is 5.97 Å². The molecule has 8 amide bonds. The number of nitrogens with two attached hydrogens (primary N) is 2. The van der Waals surface area contributed by atoms with Crippen molar-refractivity contribution in [3.05, 3.63) is 0 Å². The Labute approximate surface area is 295 Å². The first-order valence-electron chi connectivity index (χ1n) is 16.3. The van der Waals surface area contributed by atoms with Gasteiger partial charge in [0.25, 0.3) is 0 Å². The van der Waals surface area contributed by atoms with E-state index < -0.39 is 102 Å². The van der Waals surface area contributed by atoms with Gasteiger partial charge in [-0.1, -0.05) is 27.7 Å². The zero-order chi connectivity index (χ0) is 38.1. The number of thiol groups is 1. The molecule has 282 valence electrons. The summed E-state index contributed by atoms with van der Waals surface area (Å²) in [5.41, 5.74) is 10.5. The molecule has 20 heteroatoms. The summed E-state index contributed by atoms with van der Waals surface area (Å²) in [6.45, 7) is 5.63. The molecule has 0 aromatic rings. The molecular weight excluding hydrogens is 678 g/mol. The lowest BCUT2D eigenvalue weighted by Crippen LogP contribution is -2.60. The number of carboxylic acid groups (broad SMARTS) is 1. The van der Waals surface area contributed by atoms with E-state index in [2.05, 4.69) is 44.5 Å². The molecule has 0 spiro atoms. The van der Waals surface area contributed by atoms with Crippen molar-refractivity contribution < 1.29 is 48.3 Å². The Kier molecular flexibility index (Phi) is 18.8. The van der Waals surface area contributed by atoms with Gasteiger partial charge in [-0.15, -0.1) is 0 Å². The summed E-state index contributed by atoms with van der Waals surface area (Å²) in [6.07, 6.45) is 0.372. The minimum atomic E-state index is -1.32. The number of hydrogen-bond acceptors (Lipinski definition) is 11. The molecule has 11 N–H and O–H groups in total. The van der Waals surface area contributed by atoms with E-state index in [-0.39, 0.29) is 50.4 Å². The van der Waals surface area contributed by atoms with Crippen molar-refractivity contribution in [1.82, 2.24) is 36.8 Å². The lowest BCUT2D eigenvalue weighted by molar-refractivity contribution is -0.143. The Hall–Kier alpha value is -4.46. The van der Waals surface area contributed by atoms with Gasteiger partial charge in [0, 0.05) is 18.7 Å². The van der Waals surface area contributed by atoms with Crippen LogP contribution in [0.4, 0.5) is 0 Å². The number of carbonyl (C=O) groups is 9. The molecule has 0 aromatic carbocycles. The number of aliphatic carboxylic acids is 1. The Morgan fingerprint density at radius 1 is 0.820 bits per heavy atom. The Bertz CT molecular complexity index is 1270. The SMILES string of the molecule is CC(C)C[C@H](NC(=O)CNC(=O)CN)C(=O)N[C@@H](CS)C(=O)N[C@H](C(=O)N[C@@H](CCC(N)=O)C(=O)N1CCC[C@H]1C(=O)NCC(=O)O)C(C)C. The monoisotopic (exact) mass is 729 g/mol. The summed E-state index contributed by atoms with van der Waals surface area (Å²) in [6, 6.07) is -5.89. The third kappa shape index (κ3) is 15.0. The van der Waals surface area contributed by atoms with Gasteiger partial charge < -0.3 is 53.4 Å². The molecule has 0 aromatic heterocycles. The molecule has 1 saturated heterocycles. The maximum atomic E-state index is 13.6. The van der Waals surface area contributed by atoms with Crippen LogP contribution in [0, 0.1) is 11.8 Å². The van der Waals surface area contributed by atoms with Crippen LogP contribution < -0.4 is 43.4 Å². The molecule has 0 radical (unpaired) electrons. The molecule has 5 atom stereocenters. The average Bonchev–Trinajstić information content (AvgIpc) is 3.54. The Morgan fingerprint density at radius 2 is 1.44 bits per heavy atom. The van der Waals surface area contributed by atoms with E-state index in [4.69, 9.17) is 16.6 Å². The van der Waals surface area contributed by atoms with Gasteiger partial charge in [0.15, 0.2) is 0 Å². The number of primary amides is 1. The van der Waals surface area contributed by atoms with Gasteiger partial charge in [0.05, 0.1) is 13.1 Å². The van der Waals surface area contributed by atoms with Crippen molar-refractivity contribution in [2.75, 3.05) is 31.9 Å². The predicted octanol–water partition coefficient (Wildman–Crippen LogP) is -3.91. The highest BCUT2D eigenvalue weighted by Gasteiger charge is 2.39. The summed E-state index contributed by atoms with van der Waals surface area (Å²) < 4.78 is 0. The third-order valence-electron chi connectivity index (χ3n) is 7.60. The van der Waals surface area contributed by atoms with Crippen molar-refractivity contribution in [3.8, 4) is 0 Å². The average molecular weight is 730 g/mol. The number of carbonyl (C=O) groups excluding carboxylic acids is 8. The van der Waals surface area contributed by atoms with Crippen LogP contribution in [0.5, 0.6) is 0 Å². The standard InChI is InChI=1S/C30H51N9O10S/c1-15(2)10-18(35-23(42)12-33-22(41)11-31)26(45)37-19(14-50)27(46)38-25(16(3)4)29(48)36-17(7-8-21(32)40)30(49)39-9-5-6-20(39)28(47)34-13-24(43)44/h15-20,25,50H,5-14,31H2,1-4H3,(H2,32,40)(H,33,41)(H,34,47)(H,35,42)(H,36,48)(H,37,45)(H,38,46)(H,43,44)/t17-,18-,19-,20-,25-/m0/s1. The molecule has 50 heavy (non-hydrogen) atoms. The van der Waals surface area contributed by atoms with Crippen LogP contribution in [-0.2, 0) is 43.2 Å². The molecule has 0 aliphatic carbocycles. The number of carboxylic acids is 1. The molecule has 0 unspecified atom stereocenters. The molecule has 1 aliphatic heterocycles. The Balaban J connectivity index is 3.10. The van der Waals surface area contributed by atoms with E-state index >= 15 is 0 Å². The molecule has 0 saturated carbocycles. The lowest BCUT2D eigenvalue weighted by Gasteiger charge is -2.31. The van der Waals surface area contributed by atoms with E-state index in [9.17, 15) is 43.2 Å². The van der Waals surface area contributed by atoms with E-state index in [0.29, 0.717) is 6.42 Å². The third-order valence-corrected chi connectivity index (χ3v) is 7.96. The van der Waals surface area contributed by atoms with Crippen LogP contribution in [0.3, 0.4) is 0 Å². The minimum absolute atomic E-state index is 0.0536. The van der Waals surface area contributed by atoms with Crippen LogP contribution in [-0.4, -0.2) is 125 Å². The quantitative estimate of drug-likeness (QED) is 0.0509. The highest BCUT2D eigenvalue weighted by molar-refractivity contribution is 7.80. The topological polar surface area (TPSA) is 301 Å². The van der Waals surface area contributed by atoms with Gasteiger partial charge in [-0.05, 0) is 37.5 Å². The molecule has 0 bridgehead atoms. The first-order valence-corrected chi connectivity index (χ1v) is 16.9. The molecule has 1 fully saturated rings. The largest absolute Gasteiger partial charge is 0.480 e. The summed E-state index contributed by atoms with van der Waals surface area (Å²) in [5.74, 6) is -7.69. The first-order chi connectivity index (χ1) is 23.4. The van der Waals surface area contributed by atoms with Gasteiger partial charge in [-0.3, -0.25) is 43.2 Å². The van der Waals surface area contributed by atoms with Crippen LogP contribution in [0.1, 0.15) is 59.8 Å². The minimum Gasteiger partial charge on any atom is -0.480 e. The van der Waals surface area contributed by atoms with Crippen LogP contribution >= 0.6 is 12.6 Å². The van der Waals surface area contributed by atoms with Gasteiger partial charge in [-0.2, -0.15) is 12.6 Å². The van der Waals surface area contributed by atoms with Gasteiger partial charge in [0.1, 0.15) is 36.8 Å². The molecule has 19 nitrogen and oxygen atoms in total. The maximum Gasteiger partial charge on any atom is 0.322 e. The van der Waals surface area contributed by atoms with E-state index in [0.717, 1.165) is 0 Å². The fraction of sp³-hybridized carbons (Fsp3) is 0.700. The van der Waals surface area contributed by atoms with Crippen LogP contribution in [0.15, 0.2) is 0 Å². The lowest BCUT2D eigenvalue weighted by atomic mass is 10.0. The second kappa shape index (κ2) is 21.6. The number of rotatable bonds is 21.